The van der Waals surface area contributed by atoms with E-state index in [1.807, 2.05) is 0 Å². The summed E-state index contributed by atoms with van der Waals surface area (Å²) in [7, 11) is -0.509. The zero-order valence-corrected chi connectivity index (χ0v) is 19.0. The second-order valence-corrected chi connectivity index (χ2v) is 9.36. The first kappa shape index (κ1) is 23.8. The Bertz CT molecular complexity index is 1060. The van der Waals surface area contributed by atoms with Crippen LogP contribution in [0.15, 0.2) is 41.4 Å². The van der Waals surface area contributed by atoms with E-state index in [1.54, 1.807) is 31.3 Å². The summed E-state index contributed by atoms with van der Waals surface area (Å²) >= 11 is 0. The summed E-state index contributed by atoms with van der Waals surface area (Å²) in [5.74, 6) is -0.465. The molecule has 2 N–H and O–H groups in total. The Morgan fingerprint density at radius 3 is 2.41 bits per heavy atom. The molecule has 1 aliphatic rings. The predicted octanol–water partition coefficient (Wildman–Crippen LogP) is 2.65. The van der Waals surface area contributed by atoms with Gasteiger partial charge in [-0.25, -0.2) is 13.2 Å². The van der Waals surface area contributed by atoms with E-state index in [0.29, 0.717) is 24.5 Å². The van der Waals surface area contributed by atoms with Crippen LogP contribution in [0, 0.1) is 0 Å². The molecule has 0 unspecified atom stereocenters. The number of hydrogen-bond acceptors (Lipinski definition) is 6. The van der Waals surface area contributed by atoms with Crippen molar-refractivity contribution in [1.29, 1.82) is 0 Å². The molecule has 0 spiro atoms. The van der Waals surface area contributed by atoms with Gasteiger partial charge in [0.05, 0.1) is 6.61 Å². The van der Waals surface area contributed by atoms with E-state index >= 15 is 0 Å². The van der Waals surface area contributed by atoms with E-state index in [0.717, 1.165) is 19.3 Å². The van der Waals surface area contributed by atoms with Crippen molar-refractivity contribution in [2.45, 2.75) is 24.2 Å². The zero-order chi connectivity index (χ0) is 23.1. The molecule has 1 aromatic heterocycles. The average molecular weight is 465 g/mol. The molecular formula is C21H28N4O6S. The molecule has 11 heteroatoms. The van der Waals surface area contributed by atoms with E-state index in [2.05, 4.69) is 10.6 Å². The van der Waals surface area contributed by atoms with Crippen molar-refractivity contribution >= 4 is 33.4 Å². The second-order valence-electron chi connectivity index (χ2n) is 7.43. The summed E-state index contributed by atoms with van der Waals surface area (Å²) in [4.78, 5) is 24.7. The number of piperidine rings is 1. The third kappa shape index (κ3) is 5.87. The van der Waals surface area contributed by atoms with Gasteiger partial charge >= 0.3 is 6.09 Å². The molecule has 3 rings (SSSR count). The fraction of sp³-hybridized carbons (Fsp3) is 0.429. The molecule has 174 valence electrons. The Labute approximate surface area is 187 Å². The van der Waals surface area contributed by atoms with Gasteiger partial charge in [-0.05, 0) is 37.1 Å². The lowest BCUT2D eigenvalue weighted by Gasteiger charge is -2.25. The molecule has 2 amide bonds. The van der Waals surface area contributed by atoms with Crippen molar-refractivity contribution in [2.24, 2.45) is 7.05 Å². The molecule has 1 aromatic carbocycles. The number of hydrogen-bond donors (Lipinski definition) is 2. The zero-order valence-electron chi connectivity index (χ0n) is 18.2. The standard InChI is InChI=1S/C21H28N4O6S/c1-24-15-18(32(28,29)25-9-4-3-5-10-25)14-19(24)20(26)22-16-7-6-8-17(13-16)23-21(27)31-12-11-30-2/h6-8,13-15H,3-5,9-12H2,1-2H3,(H,22,26)(H,23,27). The van der Waals surface area contributed by atoms with Crippen molar-refractivity contribution in [3.63, 3.8) is 0 Å². The quantitative estimate of drug-likeness (QED) is 0.580. The summed E-state index contributed by atoms with van der Waals surface area (Å²) in [6.07, 6.45) is 3.51. The Kier molecular flexibility index (Phi) is 7.89. The van der Waals surface area contributed by atoms with Gasteiger partial charge in [0, 0.05) is 44.8 Å². The van der Waals surface area contributed by atoms with Crippen LogP contribution in [0.2, 0.25) is 0 Å². The SMILES string of the molecule is COCCOC(=O)Nc1cccc(NC(=O)c2cc(S(=O)(=O)N3CCCCC3)cn2C)c1. The highest BCUT2D eigenvalue weighted by Gasteiger charge is 2.28. The maximum atomic E-state index is 12.9. The van der Waals surface area contributed by atoms with Gasteiger partial charge in [0.1, 0.15) is 17.2 Å². The normalized spacial score (nSPS) is 14.7. The van der Waals surface area contributed by atoms with E-state index in [-0.39, 0.29) is 23.8 Å². The number of benzene rings is 1. The van der Waals surface area contributed by atoms with E-state index in [9.17, 15) is 18.0 Å². The first-order valence-electron chi connectivity index (χ1n) is 10.3. The average Bonchev–Trinajstić information content (AvgIpc) is 3.17. The van der Waals surface area contributed by atoms with Gasteiger partial charge in [0.25, 0.3) is 5.91 Å². The molecule has 10 nitrogen and oxygen atoms in total. The number of nitrogens with zero attached hydrogens (tertiary/aromatic N) is 2. The van der Waals surface area contributed by atoms with Gasteiger partial charge in [-0.15, -0.1) is 0 Å². The number of sulfonamides is 1. The van der Waals surface area contributed by atoms with Crippen LogP contribution in [-0.4, -0.2) is 62.7 Å². The monoisotopic (exact) mass is 464 g/mol. The van der Waals surface area contributed by atoms with E-state index < -0.39 is 22.0 Å². The van der Waals surface area contributed by atoms with Crippen LogP contribution in [-0.2, 0) is 26.5 Å². The minimum absolute atomic E-state index is 0.0984. The summed E-state index contributed by atoms with van der Waals surface area (Å²) in [5, 5.41) is 5.30. The highest BCUT2D eigenvalue weighted by atomic mass is 32.2. The number of rotatable bonds is 8. The maximum absolute atomic E-state index is 12.9. The number of ether oxygens (including phenoxy) is 2. The number of amides is 2. The highest BCUT2D eigenvalue weighted by Crippen LogP contribution is 2.23. The molecule has 0 aliphatic carbocycles. The summed E-state index contributed by atoms with van der Waals surface area (Å²) < 4.78 is 38.5. The minimum Gasteiger partial charge on any atom is -0.447 e. The van der Waals surface area contributed by atoms with E-state index in [1.165, 1.54) is 28.2 Å². The molecule has 0 radical (unpaired) electrons. The molecule has 0 atom stereocenters. The lowest BCUT2D eigenvalue weighted by molar-refractivity contribution is 0.101. The van der Waals surface area contributed by atoms with Gasteiger partial charge in [-0.3, -0.25) is 10.1 Å². The first-order valence-corrected chi connectivity index (χ1v) is 11.8. The van der Waals surface area contributed by atoms with Gasteiger partial charge in [0.2, 0.25) is 10.0 Å². The topological polar surface area (TPSA) is 119 Å². The maximum Gasteiger partial charge on any atom is 0.411 e. The highest BCUT2D eigenvalue weighted by molar-refractivity contribution is 7.89. The summed E-state index contributed by atoms with van der Waals surface area (Å²) in [5.41, 5.74) is 1.08. The van der Waals surface area contributed by atoms with Crippen LogP contribution in [0.5, 0.6) is 0 Å². The molecular weight excluding hydrogens is 436 g/mol. The minimum atomic E-state index is -3.64. The van der Waals surface area contributed by atoms with Crippen molar-refractivity contribution < 1.29 is 27.5 Å². The number of aryl methyl sites for hydroxylation is 1. The summed E-state index contributed by atoms with van der Waals surface area (Å²) in [6.45, 7) is 1.39. The van der Waals surface area contributed by atoms with Gasteiger partial charge in [0.15, 0.2) is 0 Å². The third-order valence-electron chi connectivity index (χ3n) is 5.05. The van der Waals surface area contributed by atoms with Crippen molar-refractivity contribution in [1.82, 2.24) is 8.87 Å². The Hall–Kier alpha value is -2.89. The first-order chi connectivity index (χ1) is 15.3. The molecule has 0 bridgehead atoms. The molecule has 2 heterocycles. The number of carbonyl (C=O) groups is 2. The second kappa shape index (κ2) is 10.6. The van der Waals surface area contributed by atoms with Gasteiger partial charge < -0.3 is 19.4 Å². The number of aromatic nitrogens is 1. The smallest absolute Gasteiger partial charge is 0.411 e. The molecule has 32 heavy (non-hydrogen) atoms. The number of nitrogens with one attached hydrogen (secondary N) is 2. The predicted molar refractivity (Wildman–Crippen MR) is 119 cm³/mol. The number of carbonyl (C=O) groups excluding carboxylic acids is 2. The van der Waals surface area contributed by atoms with Crippen LogP contribution >= 0.6 is 0 Å². The van der Waals surface area contributed by atoms with Crippen LogP contribution in [0.25, 0.3) is 0 Å². The Balaban J connectivity index is 1.68. The summed E-state index contributed by atoms with van der Waals surface area (Å²) in [6, 6.07) is 7.93. The molecule has 0 saturated carbocycles. The lowest BCUT2D eigenvalue weighted by atomic mass is 10.2. The third-order valence-corrected chi connectivity index (χ3v) is 6.92. The van der Waals surface area contributed by atoms with Crippen molar-refractivity contribution in [3.8, 4) is 0 Å². The largest absolute Gasteiger partial charge is 0.447 e. The molecule has 1 saturated heterocycles. The number of methoxy groups -OCH3 is 1. The van der Waals surface area contributed by atoms with Crippen LogP contribution in [0.4, 0.5) is 16.2 Å². The van der Waals surface area contributed by atoms with Crippen molar-refractivity contribution in [2.75, 3.05) is 44.0 Å². The lowest BCUT2D eigenvalue weighted by Crippen LogP contribution is -2.35. The Morgan fingerprint density at radius 1 is 1.03 bits per heavy atom. The molecule has 1 fully saturated rings. The van der Waals surface area contributed by atoms with Crippen LogP contribution < -0.4 is 10.6 Å². The van der Waals surface area contributed by atoms with Gasteiger partial charge in [-0.2, -0.15) is 4.31 Å². The van der Waals surface area contributed by atoms with Gasteiger partial charge in [-0.1, -0.05) is 12.5 Å². The fourth-order valence-electron chi connectivity index (χ4n) is 3.40. The van der Waals surface area contributed by atoms with Crippen LogP contribution in [0.3, 0.4) is 0 Å². The van der Waals surface area contributed by atoms with Crippen LogP contribution in [0.1, 0.15) is 29.8 Å². The van der Waals surface area contributed by atoms with Crippen molar-refractivity contribution in [3.05, 3.63) is 42.2 Å². The number of anilines is 2. The Morgan fingerprint density at radius 2 is 1.72 bits per heavy atom. The fourth-order valence-corrected chi connectivity index (χ4v) is 4.99. The molecule has 1 aliphatic heterocycles. The molecule has 2 aromatic rings. The van der Waals surface area contributed by atoms with E-state index in [4.69, 9.17) is 9.47 Å².